The van der Waals surface area contributed by atoms with Crippen molar-refractivity contribution >= 4 is 11.8 Å². The van der Waals surface area contributed by atoms with E-state index in [-0.39, 0.29) is 5.54 Å². The first-order valence-corrected chi connectivity index (χ1v) is 7.93. The average molecular weight is 258 g/mol. The summed E-state index contributed by atoms with van der Waals surface area (Å²) in [7, 11) is 1.84. The minimum absolute atomic E-state index is 0.250. The van der Waals surface area contributed by atoms with Gasteiger partial charge in [-0.25, -0.2) is 0 Å². The Morgan fingerprint density at radius 2 is 2.35 bits per heavy atom. The lowest BCUT2D eigenvalue weighted by Gasteiger charge is -2.50. The first-order chi connectivity index (χ1) is 8.22. The fraction of sp³-hybridized carbons (Fsp3) is 1.00. The Morgan fingerprint density at radius 1 is 1.53 bits per heavy atom. The van der Waals surface area contributed by atoms with E-state index in [0.717, 1.165) is 13.1 Å². The topological polar surface area (TPSA) is 38.5 Å². The van der Waals surface area contributed by atoms with E-state index < -0.39 is 0 Å². The van der Waals surface area contributed by atoms with Crippen molar-refractivity contribution in [3.63, 3.8) is 0 Å². The van der Waals surface area contributed by atoms with E-state index in [2.05, 4.69) is 23.6 Å². The van der Waals surface area contributed by atoms with Crippen LogP contribution < -0.4 is 5.73 Å². The number of hydrogen-bond donors (Lipinski definition) is 1. The summed E-state index contributed by atoms with van der Waals surface area (Å²) in [5.74, 6) is 3.19. The van der Waals surface area contributed by atoms with Gasteiger partial charge < -0.3 is 10.5 Å². The van der Waals surface area contributed by atoms with Crippen LogP contribution in [0.25, 0.3) is 0 Å². The molecule has 0 bridgehead atoms. The van der Waals surface area contributed by atoms with E-state index >= 15 is 0 Å². The number of ether oxygens (including phenoxy) is 1. The van der Waals surface area contributed by atoms with Gasteiger partial charge in [-0.15, -0.1) is 0 Å². The second kappa shape index (κ2) is 5.91. The first-order valence-electron chi connectivity index (χ1n) is 6.77. The van der Waals surface area contributed by atoms with Crippen LogP contribution in [0.1, 0.15) is 26.2 Å². The highest BCUT2D eigenvalue weighted by atomic mass is 32.2. The van der Waals surface area contributed by atoms with E-state index in [4.69, 9.17) is 10.5 Å². The van der Waals surface area contributed by atoms with Gasteiger partial charge in [-0.2, -0.15) is 11.8 Å². The van der Waals surface area contributed by atoms with Crippen molar-refractivity contribution in [1.29, 1.82) is 0 Å². The Labute approximate surface area is 109 Å². The van der Waals surface area contributed by atoms with Crippen LogP contribution in [0.5, 0.6) is 0 Å². The molecule has 2 heterocycles. The highest BCUT2D eigenvalue weighted by Gasteiger charge is 2.40. The van der Waals surface area contributed by atoms with Crippen LogP contribution in [0.2, 0.25) is 0 Å². The van der Waals surface area contributed by atoms with E-state index in [9.17, 15) is 0 Å². The summed E-state index contributed by atoms with van der Waals surface area (Å²) in [6, 6.07) is 0. The van der Waals surface area contributed by atoms with Crippen LogP contribution in [0, 0.1) is 5.92 Å². The molecule has 3 unspecified atom stereocenters. The highest BCUT2D eigenvalue weighted by Crippen LogP contribution is 2.34. The van der Waals surface area contributed by atoms with E-state index in [1.807, 2.05) is 7.11 Å². The molecule has 0 aliphatic carbocycles. The predicted molar refractivity (Wildman–Crippen MR) is 74.5 cm³/mol. The lowest BCUT2D eigenvalue weighted by molar-refractivity contribution is -0.0415. The number of thioether (sulfide) groups is 1. The Morgan fingerprint density at radius 3 is 2.94 bits per heavy atom. The summed E-state index contributed by atoms with van der Waals surface area (Å²) in [6.45, 7) is 5.36. The van der Waals surface area contributed by atoms with Crippen molar-refractivity contribution in [3.8, 4) is 0 Å². The maximum absolute atomic E-state index is 6.09. The van der Waals surface area contributed by atoms with Crippen molar-refractivity contribution in [2.75, 3.05) is 38.2 Å². The Balaban J connectivity index is 2.04. The molecule has 2 saturated heterocycles. The van der Waals surface area contributed by atoms with Crippen molar-refractivity contribution in [1.82, 2.24) is 4.90 Å². The third-order valence-electron chi connectivity index (χ3n) is 4.54. The van der Waals surface area contributed by atoms with Gasteiger partial charge in [-0.3, -0.25) is 4.90 Å². The molecular weight excluding hydrogens is 232 g/mol. The number of nitrogens with two attached hydrogens (primary N) is 1. The van der Waals surface area contributed by atoms with Gasteiger partial charge in [-0.1, -0.05) is 6.92 Å². The zero-order valence-electron chi connectivity index (χ0n) is 11.2. The van der Waals surface area contributed by atoms with Gasteiger partial charge in [-0.05, 0) is 37.5 Å². The lowest BCUT2D eigenvalue weighted by atomic mass is 9.87. The molecule has 0 spiro atoms. The second-order valence-electron chi connectivity index (χ2n) is 5.57. The molecule has 2 rings (SSSR count). The molecule has 3 atom stereocenters. The Hall–Kier alpha value is 0.230. The normalized spacial score (nSPS) is 40.4. The number of rotatable bonds is 3. The van der Waals surface area contributed by atoms with Gasteiger partial charge in [0.25, 0.3) is 0 Å². The molecule has 3 nitrogen and oxygen atoms in total. The number of likely N-dealkylation sites (tertiary alicyclic amines) is 1. The summed E-state index contributed by atoms with van der Waals surface area (Å²) >= 11 is 2.07. The molecule has 17 heavy (non-hydrogen) atoms. The smallest absolute Gasteiger partial charge is 0.0724 e. The molecule has 0 aromatic heterocycles. The molecule has 2 fully saturated rings. The summed E-state index contributed by atoms with van der Waals surface area (Å²) in [4.78, 5) is 2.62. The monoisotopic (exact) mass is 258 g/mol. The molecule has 0 aromatic carbocycles. The largest absolute Gasteiger partial charge is 0.380 e. The maximum atomic E-state index is 6.09. The molecule has 2 N–H and O–H groups in total. The number of piperidine rings is 1. The van der Waals surface area contributed by atoms with E-state index in [1.165, 1.54) is 37.3 Å². The van der Waals surface area contributed by atoms with E-state index in [1.54, 1.807) is 0 Å². The summed E-state index contributed by atoms with van der Waals surface area (Å²) in [6.07, 6.45) is 4.21. The van der Waals surface area contributed by atoms with Crippen LogP contribution in [0.15, 0.2) is 0 Å². The van der Waals surface area contributed by atoms with Gasteiger partial charge in [0.2, 0.25) is 0 Å². The van der Waals surface area contributed by atoms with Crippen molar-refractivity contribution < 1.29 is 4.74 Å². The summed E-state index contributed by atoms with van der Waals surface area (Å²) in [5, 5.41) is 0. The number of methoxy groups -OCH3 is 1. The third kappa shape index (κ3) is 2.80. The van der Waals surface area contributed by atoms with Crippen LogP contribution in [-0.4, -0.2) is 54.8 Å². The quantitative estimate of drug-likeness (QED) is 0.834. The molecule has 2 aliphatic rings. The fourth-order valence-corrected chi connectivity index (χ4v) is 4.47. The molecule has 0 aromatic rings. The molecule has 0 amide bonds. The zero-order chi connectivity index (χ0) is 12.3. The Bertz CT molecular complexity index is 244. The lowest BCUT2D eigenvalue weighted by Crippen LogP contribution is -2.61. The minimum Gasteiger partial charge on any atom is -0.380 e. The molecule has 100 valence electrons. The number of nitrogens with zero attached hydrogens (tertiary/aromatic N) is 1. The van der Waals surface area contributed by atoms with Crippen LogP contribution >= 0.6 is 11.8 Å². The van der Waals surface area contributed by atoms with Crippen molar-refractivity contribution in [3.05, 3.63) is 0 Å². The van der Waals surface area contributed by atoms with Crippen molar-refractivity contribution in [2.45, 2.75) is 37.8 Å². The van der Waals surface area contributed by atoms with Gasteiger partial charge in [0.1, 0.15) is 0 Å². The number of hydrogen-bond acceptors (Lipinski definition) is 4. The van der Waals surface area contributed by atoms with Gasteiger partial charge in [0, 0.05) is 31.5 Å². The summed E-state index contributed by atoms with van der Waals surface area (Å²) < 4.78 is 5.62. The zero-order valence-corrected chi connectivity index (χ0v) is 12.0. The van der Waals surface area contributed by atoms with Crippen LogP contribution in [0.3, 0.4) is 0 Å². The van der Waals surface area contributed by atoms with Gasteiger partial charge in [0.05, 0.1) is 6.10 Å². The molecule has 0 saturated carbocycles. The highest BCUT2D eigenvalue weighted by molar-refractivity contribution is 7.99. The predicted octanol–water partition coefficient (Wildman–Crippen LogP) is 1.57. The molecule has 4 heteroatoms. The SMILES string of the molecule is COC1CN(C2(CN)CCCSC2)CCC1C. The van der Waals surface area contributed by atoms with Crippen molar-refractivity contribution in [2.24, 2.45) is 11.7 Å². The average Bonchev–Trinajstić information content (AvgIpc) is 2.40. The molecule has 0 radical (unpaired) electrons. The van der Waals surface area contributed by atoms with E-state index in [0.29, 0.717) is 12.0 Å². The minimum atomic E-state index is 0.250. The maximum Gasteiger partial charge on any atom is 0.0724 e. The van der Waals surface area contributed by atoms with Gasteiger partial charge in [0.15, 0.2) is 0 Å². The first kappa shape index (κ1) is 13.7. The Kier molecular flexibility index (Phi) is 4.75. The third-order valence-corrected chi connectivity index (χ3v) is 5.86. The fourth-order valence-electron chi connectivity index (χ4n) is 3.15. The standard InChI is InChI=1S/C13H26N2OS/c1-11-4-6-15(8-12(11)16-2)13(9-14)5-3-7-17-10-13/h11-12H,3-10,14H2,1-2H3. The van der Waals surface area contributed by atoms with Crippen LogP contribution in [0.4, 0.5) is 0 Å². The van der Waals surface area contributed by atoms with Crippen LogP contribution in [-0.2, 0) is 4.74 Å². The second-order valence-corrected chi connectivity index (χ2v) is 6.68. The molecular formula is C13H26N2OS. The van der Waals surface area contributed by atoms with Gasteiger partial charge >= 0.3 is 0 Å². The molecule has 2 aliphatic heterocycles. The summed E-state index contributed by atoms with van der Waals surface area (Å²) in [5.41, 5.74) is 6.34.